The predicted molar refractivity (Wildman–Crippen MR) is 71.4 cm³/mol. The molecule has 0 fully saturated rings. The van der Waals surface area contributed by atoms with Crippen LogP contribution in [0.15, 0.2) is 11.4 Å². The molecule has 2 aromatic heterocycles. The fraction of sp³-hybridized carbons (Fsp3) is 0.455. The number of aliphatic hydroxyl groups is 1. The maximum Gasteiger partial charge on any atom is 0.223 e. The van der Waals surface area contributed by atoms with E-state index < -0.39 is 0 Å². The van der Waals surface area contributed by atoms with Crippen molar-refractivity contribution in [3.8, 4) is 0 Å². The van der Waals surface area contributed by atoms with Crippen molar-refractivity contribution in [1.82, 2.24) is 9.97 Å². The first-order valence-electron chi connectivity index (χ1n) is 5.62. The molecule has 3 N–H and O–H groups in total. The number of rotatable bonds is 5. The van der Waals surface area contributed by atoms with Gasteiger partial charge in [0.2, 0.25) is 5.95 Å². The molecule has 0 bridgehead atoms. The van der Waals surface area contributed by atoms with Gasteiger partial charge in [-0.05, 0) is 17.9 Å². The molecule has 92 valence electrons. The second kappa shape index (κ2) is 5.29. The predicted octanol–water partition coefficient (Wildman–Crippen LogP) is 1.48. The quantitative estimate of drug-likeness (QED) is 0.843. The number of aromatic nitrogens is 2. The Morgan fingerprint density at radius 2 is 2.24 bits per heavy atom. The minimum Gasteiger partial charge on any atom is -0.395 e. The Morgan fingerprint density at radius 3 is 2.94 bits per heavy atom. The number of thiophene rings is 1. The van der Waals surface area contributed by atoms with Crippen LogP contribution >= 0.6 is 11.3 Å². The van der Waals surface area contributed by atoms with Gasteiger partial charge in [0.05, 0.1) is 12.0 Å². The molecule has 0 radical (unpaired) electrons. The summed E-state index contributed by atoms with van der Waals surface area (Å²) in [7, 11) is 0. The van der Waals surface area contributed by atoms with Crippen molar-refractivity contribution in [2.45, 2.75) is 13.3 Å². The topological polar surface area (TPSA) is 75.3 Å². The lowest BCUT2D eigenvalue weighted by Crippen LogP contribution is -2.28. The first-order valence-corrected chi connectivity index (χ1v) is 6.50. The third-order valence-electron chi connectivity index (χ3n) is 2.49. The van der Waals surface area contributed by atoms with Crippen LogP contribution in [0, 0.1) is 0 Å². The summed E-state index contributed by atoms with van der Waals surface area (Å²) in [5.74, 6) is 1.11. The van der Waals surface area contributed by atoms with Gasteiger partial charge in [-0.1, -0.05) is 6.92 Å². The van der Waals surface area contributed by atoms with Gasteiger partial charge in [-0.15, -0.1) is 11.3 Å². The second-order valence-electron chi connectivity index (χ2n) is 3.76. The number of nitrogens with zero attached hydrogens (tertiary/aromatic N) is 3. The normalized spacial score (nSPS) is 10.9. The number of nitrogens with two attached hydrogens (primary N) is 1. The number of fused-ring (bicyclic) bond motifs is 1. The van der Waals surface area contributed by atoms with E-state index in [1.54, 1.807) is 11.3 Å². The van der Waals surface area contributed by atoms with Crippen LogP contribution in [0.2, 0.25) is 0 Å². The molecule has 0 aliphatic rings. The van der Waals surface area contributed by atoms with Crippen LogP contribution in [0.1, 0.15) is 13.3 Å². The van der Waals surface area contributed by atoms with E-state index in [4.69, 9.17) is 10.8 Å². The average Bonchev–Trinajstić information content (AvgIpc) is 2.75. The lowest BCUT2D eigenvalue weighted by molar-refractivity contribution is 0.301. The molecular formula is C11H16N4OS. The third-order valence-corrected chi connectivity index (χ3v) is 3.29. The minimum absolute atomic E-state index is 0.107. The molecule has 0 aromatic carbocycles. The van der Waals surface area contributed by atoms with Crippen molar-refractivity contribution in [1.29, 1.82) is 0 Å². The Bertz CT molecular complexity index is 493. The Morgan fingerprint density at radius 1 is 1.41 bits per heavy atom. The Hall–Kier alpha value is -1.40. The monoisotopic (exact) mass is 252 g/mol. The Labute approximate surface area is 104 Å². The van der Waals surface area contributed by atoms with E-state index in [0.29, 0.717) is 6.54 Å². The molecule has 2 rings (SSSR count). The molecule has 0 unspecified atom stereocenters. The van der Waals surface area contributed by atoms with Crippen molar-refractivity contribution in [2.24, 2.45) is 0 Å². The largest absolute Gasteiger partial charge is 0.395 e. The van der Waals surface area contributed by atoms with E-state index in [9.17, 15) is 0 Å². The summed E-state index contributed by atoms with van der Waals surface area (Å²) >= 11 is 1.55. The van der Waals surface area contributed by atoms with Gasteiger partial charge < -0.3 is 15.7 Å². The molecule has 0 spiro atoms. The lowest BCUT2D eigenvalue weighted by atomic mass is 10.3. The molecule has 0 atom stereocenters. The van der Waals surface area contributed by atoms with Gasteiger partial charge in [0.1, 0.15) is 10.6 Å². The summed E-state index contributed by atoms with van der Waals surface area (Å²) in [4.78, 5) is 11.4. The van der Waals surface area contributed by atoms with Gasteiger partial charge in [-0.25, -0.2) is 4.98 Å². The summed E-state index contributed by atoms with van der Waals surface area (Å²) in [5, 5.41) is 12.1. The zero-order valence-electron chi connectivity index (χ0n) is 9.76. The van der Waals surface area contributed by atoms with E-state index in [0.717, 1.165) is 29.0 Å². The number of hydrogen-bond donors (Lipinski definition) is 2. The van der Waals surface area contributed by atoms with E-state index in [1.807, 2.05) is 16.3 Å². The van der Waals surface area contributed by atoms with Gasteiger partial charge in [-0.3, -0.25) is 0 Å². The highest BCUT2D eigenvalue weighted by molar-refractivity contribution is 7.16. The first kappa shape index (κ1) is 12.1. The first-order chi connectivity index (χ1) is 8.26. The maximum absolute atomic E-state index is 9.10. The molecule has 0 aliphatic heterocycles. The molecule has 17 heavy (non-hydrogen) atoms. The van der Waals surface area contributed by atoms with Crippen molar-refractivity contribution in [2.75, 3.05) is 30.3 Å². The standard InChI is InChI=1S/C11H16N4OS/c1-2-4-15(5-6-16)9-8-3-7-17-10(8)14-11(12)13-9/h3,7,16H,2,4-6H2,1H3,(H2,12,13,14). The van der Waals surface area contributed by atoms with E-state index in [1.165, 1.54) is 0 Å². The number of nitrogen functional groups attached to an aromatic ring is 1. The van der Waals surface area contributed by atoms with Gasteiger partial charge in [-0.2, -0.15) is 4.98 Å². The van der Waals surface area contributed by atoms with Crippen LogP contribution in [-0.4, -0.2) is 34.8 Å². The molecule has 2 aromatic rings. The van der Waals surface area contributed by atoms with Gasteiger partial charge in [0, 0.05) is 13.1 Å². The van der Waals surface area contributed by atoms with Gasteiger partial charge in [0.25, 0.3) is 0 Å². The number of anilines is 2. The fourth-order valence-electron chi connectivity index (χ4n) is 1.81. The highest BCUT2D eigenvalue weighted by Gasteiger charge is 2.13. The molecule has 0 saturated carbocycles. The van der Waals surface area contributed by atoms with Crippen LogP contribution in [0.25, 0.3) is 10.2 Å². The fourth-order valence-corrected chi connectivity index (χ4v) is 2.58. The van der Waals surface area contributed by atoms with Crippen molar-refractivity contribution in [3.05, 3.63) is 11.4 Å². The van der Waals surface area contributed by atoms with E-state index in [2.05, 4.69) is 16.9 Å². The van der Waals surface area contributed by atoms with Crippen LogP contribution in [0.5, 0.6) is 0 Å². The summed E-state index contributed by atoms with van der Waals surface area (Å²) in [6, 6.07) is 1.99. The van der Waals surface area contributed by atoms with Gasteiger partial charge in [0.15, 0.2) is 0 Å². The van der Waals surface area contributed by atoms with Crippen LogP contribution in [0.4, 0.5) is 11.8 Å². The number of aliphatic hydroxyl groups excluding tert-OH is 1. The smallest absolute Gasteiger partial charge is 0.223 e. The molecule has 5 nitrogen and oxygen atoms in total. The molecule has 0 aliphatic carbocycles. The van der Waals surface area contributed by atoms with Crippen molar-refractivity contribution >= 4 is 33.3 Å². The third kappa shape index (κ3) is 2.48. The van der Waals surface area contributed by atoms with E-state index in [-0.39, 0.29) is 12.6 Å². The van der Waals surface area contributed by atoms with Crippen LogP contribution < -0.4 is 10.6 Å². The molecule has 0 amide bonds. The summed E-state index contributed by atoms with van der Waals surface area (Å²) in [5.41, 5.74) is 5.71. The minimum atomic E-state index is 0.107. The van der Waals surface area contributed by atoms with Crippen LogP contribution in [-0.2, 0) is 0 Å². The highest BCUT2D eigenvalue weighted by Crippen LogP contribution is 2.28. The van der Waals surface area contributed by atoms with Crippen molar-refractivity contribution < 1.29 is 5.11 Å². The Balaban J connectivity index is 2.46. The summed E-state index contributed by atoms with van der Waals surface area (Å²) in [6.45, 7) is 3.62. The maximum atomic E-state index is 9.10. The lowest BCUT2D eigenvalue weighted by Gasteiger charge is -2.22. The highest BCUT2D eigenvalue weighted by atomic mass is 32.1. The molecular weight excluding hydrogens is 236 g/mol. The van der Waals surface area contributed by atoms with Crippen LogP contribution in [0.3, 0.4) is 0 Å². The number of hydrogen-bond acceptors (Lipinski definition) is 6. The van der Waals surface area contributed by atoms with E-state index >= 15 is 0 Å². The molecule has 2 heterocycles. The molecule has 0 saturated heterocycles. The summed E-state index contributed by atoms with van der Waals surface area (Å²) < 4.78 is 0. The SMILES string of the molecule is CCCN(CCO)c1nc(N)nc2sccc12. The molecule has 6 heteroatoms. The van der Waals surface area contributed by atoms with Crippen molar-refractivity contribution in [3.63, 3.8) is 0 Å². The zero-order chi connectivity index (χ0) is 12.3. The zero-order valence-corrected chi connectivity index (χ0v) is 10.6. The summed E-state index contributed by atoms with van der Waals surface area (Å²) in [6.07, 6.45) is 0.996. The second-order valence-corrected chi connectivity index (χ2v) is 4.65. The van der Waals surface area contributed by atoms with Gasteiger partial charge >= 0.3 is 0 Å². The average molecular weight is 252 g/mol. The Kier molecular flexibility index (Phi) is 3.75.